The number of aryl methyl sites for hydroxylation is 1. The van der Waals surface area contributed by atoms with Crippen LogP contribution in [0.2, 0.25) is 0 Å². The summed E-state index contributed by atoms with van der Waals surface area (Å²) in [5, 5.41) is 8.52. The number of hydrogen-bond acceptors (Lipinski definition) is 6. The van der Waals surface area contributed by atoms with Gasteiger partial charge in [0.2, 0.25) is 5.91 Å². The van der Waals surface area contributed by atoms with E-state index in [-0.39, 0.29) is 23.9 Å². The molecule has 0 spiro atoms. The minimum Gasteiger partial charge on any atom is -0.355 e. The Kier molecular flexibility index (Phi) is 6.43. The molecule has 0 saturated heterocycles. The number of fused-ring (bicyclic) bond motifs is 2. The molecule has 2 aromatic heterocycles. The number of rotatable bonds is 8. The molecule has 9 heteroatoms. The van der Waals surface area contributed by atoms with Crippen molar-refractivity contribution in [2.75, 3.05) is 31.9 Å². The Morgan fingerprint density at radius 2 is 2.13 bits per heavy atom. The van der Waals surface area contributed by atoms with Gasteiger partial charge >= 0.3 is 0 Å². The third kappa shape index (κ3) is 4.38. The van der Waals surface area contributed by atoms with Crippen LogP contribution in [0.15, 0.2) is 40.4 Å². The SMILES string of the molecule is CCN(CC)CCNC(=O)CC1CSc2nc3c(cnn3-c3cccc(C)c3)c(=O)n21. The maximum absolute atomic E-state index is 13.2. The highest BCUT2D eigenvalue weighted by molar-refractivity contribution is 7.99. The first-order valence-electron chi connectivity index (χ1n) is 10.7. The summed E-state index contributed by atoms with van der Waals surface area (Å²) in [5.74, 6) is 0.629. The van der Waals surface area contributed by atoms with E-state index in [0.29, 0.717) is 28.5 Å². The molecule has 1 atom stereocenters. The van der Waals surface area contributed by atoms with Gasteiger partial charge in [-0.15, -0.1) is 0 Å². The van der Waals surface area contributed by atoms with Crippen molar-refractivity contribution in [3.8, 4) is 5.69 Å². The number of thioether (sulfide) groups is 1. The molecule has 0 aliphatic carbocycles. The van der Waals surface area contributed by atoms with Gasteiger partial charge in [0.15, 0.2) is 10.8 Å². The van der Waals surface area contributed by atoms with Gasteiger partial charge in [0.1, 0.15) is 5.39 Å². The van der Waals surface area contributed by atoms with Crippen LogP contribution in [0.1, 0.15) is 31.9 Å². The van der Waals surface area contributed by atoms with Gasteiger partial charge in [-0.25, -0.2) is 9.67 Å². The van der Waals surface area contributed by atoms with Gasteiger partial charge in [0.25, 0.3) is 5.56 Å². The molecule has 1 aliphatic rings. The number of carbonyl (C=O) groups excluding carboxylic acids is 1. The molecule has 1 unspecified atom stereocenters. The van der Waals surface area contributed by atoms with Crippen molar-refractivity contribution >= 4 is 28.7 Å². The number of nitrogens with zero attached hydrogens (tertiary/aromatic N) is 5. The van der Waals surface area contributed by atoms with Crippen molar-refractivity contribution in [3.05, 3.63) is 46.4 Å². The lowest BCUT2D eigenvalue weighted by Crippen LogP contribution is -2.36. The van der Waals surface area contributed by atoms with E-state index in [2.05, 4.69) is 29.2 Å². The fraction of sp³-hybridized carbons (Fsp3) is 0.455. The Labute approximate surface area is 185 Å². The largest absolute Gasteiger partial charge is 0.355 e. The molecule has 1 aromatic carbocycles. The van der Waals surface area contributed by atoms with Gasteiger partial charge in [0.05, 0.1) is 17.9 Å². The molecule has 31 heavy (non-hydrogen) atoms. The lowest BCUT2D eigenvalue weighted by molar-refractivity contribution is -0.121. The Bertz CT molecular complexity index is 1150. The molecule has 3 heterocycles. The van der Waals surface area contributed by atoms with E-state index in [4.69, 9.17) is 4.98 Å². The van der Waals surface area contributed by atoms with Crippen molar-refractivity contribution in [3.63, 3.8) is 0 Å². The van der Waals surface area contributed by atoms with Crippen LogP contribution in [0.4, 0.5) is 0 Å². The number of nitrogens with one attached hydrogen (secondary N) is 1. The van der Waals surface area contributed by atoms with Crippen molar-refractivity contribution in [2.45, 2.75) is 38.4 Å². The van der Waals surface area contributed by atoms with Gasteiger partial charge in [-0.3, -0.25) is 14.2 Å². The van der Waals surface area contributed by atoms with Crippen molar-refractivity contribution in [1.29, 1.82) is 0 Å². The zero-order valence-corrected chi connectivity index (χ0v) is 19.0. The molecule has 4 rings (SSSR count). The highest BCUT2D eigenvalue weighted by Crippen LogP contribution is 2.33. The Morgan fingerprint density at radius 1 is 1.32 bits per heavy atom. The lowest BCUT2D eigenvalue weighted by atomic mass is 10.2. The smallest absolute Gasteiger partial charge is 0.265 e. The maximum Gasteiger partial charge on any atom is 0.265 e. The summed E-state index contributed by atoms with van der Waals surface area (Å²) < 4.78 is 3.37. The first-order chi connectivity index (χ1) is 15.0. The van der Waals surface area contributed by atoms with E-state index in [0.717, 1.165) is 30.9 Å². The van der Waals surface area contributed by atoms with Crippen LogP contribution in [0.5, 0.6) is 0 Å². The highest BCUT2D eigenvalue weighted by Gasteiger charge is 2.29. The molecule has 1 amide bonds. The summed E-state index contributed by atoms with van der Waals surface area (Å²) in [6.07, 6.45) is 1.85. The second kappa shape index (κ2) is 9.23. The summed E-state index contributed by atoms with van der Waals surface area (Å²) in [5.41, 5.74) is 2.41. The number of aromatic nitrogens is 4. The summed E-state index contributed by atoms with van der Waals surface area (Å²) in [4.78, 5) is 32.7. The van der Waals surface area contributed by atoms with Crippen molar-refractivity contribution in [1.82, 2.24) is 29.5 Å². The maximum atomic E-state index is 13.2. The van der Waals surface area contributed by atoms with Crippen molar-refractivity contribution < 1.29 is 4.79 Å². The van der Waals surface area contributed by atoms with Crippen LogP contribution in [0, 0.1) is 6.92 Å². The van der Waals surface area contributed by atoms with Crippen molar-refractivity contribution in [2.24, 2.45) is 0 Å². The molecule has 0 radical (unpaired) electrons. The Hall–Kier alpha value is -2.65. The molecule has 8 nitrogen and oxygen atoms in total. The number of carbonyl (C=O) groups is 1. The highest BCUT2D eigenvalue weighted by atomic mass is 32.2. The predicted molar refractivity (Wildman–Crippen MR) is 123 cm³/mol. The number of benzene rings is 1. The van der Waals surface area contributed by atoms with Gasteiger partial charge in [-0.05, 0) is 37.7 Å². The normalized spacial score (nSPS) is 15.5. The van der Waals surface area contributed by atoms with Crippen LogP contribution in [0.3, 0.4) is 0 Å². The molecule has 3 aromatic rings. The summed E-state index contributed by atoms with van der Waals surface area (Å²) in [6.45, 7) is 9.61. The monoisotopic (exact) mass is 440 g/mol. The summed E-state index contributed by atoms with van der Waals surface area (Å²) in [6, 6.07) is 7.74. The molecule has 0 fully saturated rings. The number of likely N-dealkylation sites (N-methyl/N-ethyl adjacent to an activating group) is 1. The van der Waals surface area contributed by atoms with E-state index >= 15 is 0 Å². The second-order valence-electron chi connectivity index (χ2n) is 7.75. The van der Waals surface area contributed by atoms with Crippen LogP contribution in [-0.4, -0.2) is 62.1 Å². The fourth-order valence-electron chi connectivity index (χ4n) is 3.91. The zero-order valence-electron chi connectivity index (χ0n) is 18.2. The van der Waals surface area contributed by atoms with Crippen LogP contribution in [0.25, 0.3) is 16.7 Å². The standard InChI is InChI=1S/C22H28N6O2S/c1-4-26(5-2)10-9-23-19(29)12-17-14-31-22-25-20-18(21(30)27(17)22)13-24-28(20)16-8-6-7-15(3)11-16/h6-8,11,13,17H,4-5,9-10,12,14H2,1-3H3,(H,23,29). The minimum atomic E-state index is -0.194. The Morgan fingerprint density at radius 3 is 2.87 bits per heavy atom. The van der Waals surface area contributed by atoms with Gasteiger partial charge in [-0.1, -0.05) is 37.7 Å². The molecular weight excluding hydrogens is 412 g/mol. The fourth-order valence-corrected chi connectivity index (χ4v) is 5.04. The van der Waals surface area contributed by atoms with Gasteiger partial charge in [0, 0.05) is 25.3 Å². The summed E-state index contributed by atoms with van der Waals surface area (Å²) >= 11 is 1.52. The van der Waals surface area contributed by atoms with Gasteiger partial charge in [-0.2, -0.15) is 5.10 Å². The van der Waals surface area contributed by atoms with E-state index < -0.39 is 0 Å². The summed E-state index contributed by atoms with van der Waals surface area (Å²) in [7, 11) is 0. The third-order valence-electron chi connectivity index (χ3n) is 5.68. The van der Waals surface area contributed by atoms with Crippen LogP contribution < -0.4 is 10.9 Å². The average molecular weight is 441 g/mol. The predicted octanol–water partition coefficient (Wildman–Crippen LogP) is 2.39. The quantitative estimate of drug-likeness (QED) is 0.542. The molecular formula is C22H28N6O2S. The Balaban J connectivity index is 1.54. The minimum absolute atomic E-state index is 0.0342. The molecule has 1 N–H and O–H groups in total. The van der Waals surface area contributed by atoms with Gasteiger partial charge < -0.3 is 10.2 Å². The van der Waals surface area contributed by atoms with E-state index in [9.17, 15) is 9.59 Å². The topological polar surface area (TPSA) is 85.1 Å². The van der Waals surface area contributed by atoms with E-state index in [1.807, 2.05) is 31.2 Å². The molecule has 0 bridgehead atoms. The lowest BCUT2D eigenvalue weighted by Gasteiger charge is -2.18. The molecule has 1 aliphatic heterocycles. The van der Waals surface area contributed by atoms with E-state index in [1.165, 1.54) is 11.8 Å². The average Bonchev–Trinajstić information content (AvgIpc) is 3.36. The van der Waals surface area contributed by atoms with E-state index in [1.54, 1.807) is 15.4 Å². The zero-order chi connectivity index (χ0) is 22.0. The van der Waals surface area contributed by atoms with Crippen LogP contribution in [-0.2, 0) is 4.79 Å². The second-order valence-corrected chi connectivity index (χ2v) is 8.74. The third-order valence-corrected chi connectivity index (χ3v) is 6.78. The molecule has 0 saturated carbocycles. The molecule has 164 valence electrons. The first kappa shape index (κ1) is 21.6. The number of amides is 1. The first-order valence-corrected chi connectivity index (χ1v) is 11.7. The van der Waals surface area contributed by atoms with Crippen LogP contribution >= 0.6 is 11.8 Å². The number of hydrogen-bond donors (Lipinski definition) is 1.